The van der Waals surface area contributed by atoms with Crippen molar-refractivity contribution >= 4 is 0 Å². The lowest BCUT2D eigenvalue weighted by molar-refractivity contribution is -0.137. The van der Waals surface area contributed by atoms with Crippen LogP contribution in [0.25, 0.3) is 0 Å². The largest absolute Gasteiger partial charge is 0.340 e. The first-order valence-electron chi connectivity index (χ1n) is 5.77. The molecule has 0 aliphatic rings. The summed E-state index contributed by atoms with van der Waals surface area (Å²) < 4.78 is 0. The number of hydrogen-bond donors (Lipinski definition) is 1. The Labute approximate surface area is 91.8 Å². The van der Waals surface area contributed by atoms with Gasteiger partial charge in [0, 0.05) is 0 Å². The molecule has 15 heavy (non-hydrogen) atoms. The van der Waals surface area contributed by atoms with E-state index in [0.29, 0.717) is 5.75 Å². The Morgan fingerprint density at radius 2 is 1.67 bits per heavy atom. The van der Waals surface area contributed by atoms with E-state index in [1.807, 2.05) is 12.1 Å². The first-order chi connectivity index (χ1) is 7.36. The van der Waals surface area contributed by atoms with Crippen LogP contribution in [0.4, 0.5) is 0 Å². The first kappa shape index (κ1) is 12.1. The van der Waals surface area contributed by atoms with E-state index in [1.165, 1.54) is 37.7 Å². The fraction of sp³-hybridized carbons (Fsp3) is 0.538. The molecule has 0 spiro atoms. The fourth-order valence-electron chi connectivity index (χ4n) is 1.65. The molecule has 1 aromatic rings. The van der Waals surface area contributed by atoms with E-state index in [1.54, 1.807) is 12.1 Å². The van der Waals surface area contributed by atoms with E-state index in [4.69, 9.17) is 5.26 Å². The molecular weight excluding hydrogens is 188 g/mol. The summed E-state index contributed by atoms with van der Waals surface area (Å²) in [5.74, 6) is 0.504. The van der Waals surface area contributed by atoms with Crippen LogP contribution in [0.1, 0.15) is 44.6 Å². The molecule has 0 atom stereocenters. The normalized spacial score (nSPS) is 10.3. The average molecular weight is 208 g/mol. The summed E-state index contributed by atoms with van der Waals surface area (Å²) in [6, 6.07) is 7.60. The molecule has 0 bridgehead atoms. The third-order valence-electron chi connectivity index (χ3n) is 2.60. The van der Waals surface area contributed by atoms with E-state index >= 15 is 0 Å². The summed E-state index contributed by atoms with van der Waals surface area (Å²) in [5.41, 5.74) is 1.31. The molecule has 2 nitrogen and oxygen atoms in total. The highest BCUT2D eigenvalue weighted by atomic mass is 17.1. The lowest BCUT2D eigenvalue weighted by Gasteiger charge is -2.02. The Morgan fingerprint density at radius 1 is 1.00 bits per heavy atom. The van der Waals surface area contributed by atoms with Crippen molar-refractivity contribution in [3.63, 3.8) is 0 Å². The maximum atomic E-state index is 8.40. The van der Waals surface area contributed by atoms with Gasteiger partial charge in [0.2, 0.25) is 0 Å². The molecule has 0 saturated heterocycles. The molecule has 0 saturated carbocycles. The summed E-state index contributed by atoms with van der Waals surface area (Å²) in [6.07, 6.45) is 7.66. The number of benzene rings is 1. The minimum atomic E-state index is 0.504. The SMILES string of the molecule is CCCCCCCc1ccc(OO)cc1. The van der Waals surface area contributed by atoms with Crippen LogP contribution in [0.2, 0.25) is 0 Å². The molecule has 1 N–H and O–H groups in total. The summed E-state index contributed by atoms with van der Waals surface area (Å²) in [7, 11) is 0. The second-order valence-electron chi connectivity index (χ2n) is 3.90. The Morgan fingerprint density at radius 3 is 2.27 bits per heavy atom. The van der Waals surface area contributed by atoms with Crippen molar-refractivity contribution in [1.29, 1.82) is 0 Å². The summed E-state index contributed by atoms with van der Waals surface area (Å²) in [6.45, 7) is 2.23. The molecular formula is C13H20O2. The third-order valence-corrected chi connectivity index (χ3v) is 2.60. The molecule has 1 aromatic carbocycles. The molecule has 1 rings (SSSR count). The van der Waals surface area contributed by atoms with Gasteiger partial charge in [-0.05, 0) is 30.5 Å². The van der Waals surface area contributed by atoms with Gasteiger partial charge in [-0.2, -0.15) is 0 Å². The van der Waals surface area contributed by atoms with E-state index in [9.17, 15) is 0 Å². The van der Waals surface area contributed by atoms with Crippen molar-refractivity contribution in [2.45, 2.75) is 45.4 Å². The minimum absolute atomic E-state index is 0.504. The van der Waals surface area contributed by atoms with Gasteiger partial charge in [0.1, 0.15) is 0 Å². The van der Waals surface area contributed by atoms with Gasteiger partial charge in [-0.3, -0.25) is 0 Å². The van der Waals surface area contributed by atoms with Crippen molar-refractivity contribution in [2.75, 3.05) is 0 Å². The van der Waals surface area contributed by atoms with Gasteiger partial charge in [-0.15, -0.1) is 0 Å². The molecule has 0 heterocycles. The smallest absolute Gasteiger partial charge is 0.165 e. The van der Waals surface area contributed by atoms with Crippen molar-refractivity contribution < 1.29 is 10.1 Å². The van der Waals surface area contributed by atoms with Crippen LogP contribution in [-0.4, -0.2) is 5.26 Å². The molecule has 0 unspecified atom stereocenters. The zero-order valence-electron chi connectivity index (χ0n) is 9.41. The van der Waals surface area contributed by atoms with Gasteiger partial charge in [0.25, 0.3) is 0 Å². The predicted molar refractivity (Wildman–Crippen MR) is 62.2 cm³/mol. The molecule has 0 aliphatic carbocycles. The first-order valence-corrected chi connectivity index (χ1v) is 5.77. The van der Waals surface area contributed by atoms with Crippen LogP contribution in [0.3, 0.4) is 0 Å². The zero-order valence-corrected chi connectivity index (χ0v) is 9.41. The van der Waals surface area contributed by atoms with Gasteiger partial charge < -0.3 is 4.89 Å². The van der Waals surface area contributed by atoms with Crippen molar-refractivity contribution in [3.05, 3.63) is 29.8 Å². The zero-order chi connectivity index (χ0) is 10.9. The van der Waals surface area contributed by atoms with Crippen molar-refractivity contribution in [3.8, 4) is 5.75 Å². The highest BCUT2D eigenvalue weighted by Gasteiger charge is 1.95. The number of aryl methyl sites for hydroxylation is 1. The lowest BCUT2D eigenvalue weighted by Crippen LogP contribution is -1.87. The second kappa shape index (κ2) is 7.30. The fourth-order valence-corrected chi connectivity index (χ4v) is 1.65. The maximum Gasteiger partial charge on any atom is 0.165 e. The van der Waals surface area contributed by atoms with Gasteiger partial charge >= 0.3 is 0 Å². The molecule has 0 aromatic heterocycles. The Hall–Kier alpha value is -1.02. The van der Waals surface area contributed by atoms with Crippen LogP contribution >= 0.6 is 0 Å². The monoisotopic (exact) mass is 208 g/mol. The summed E-state index contributed by atoms with van der Waals surface area (Å²) in [5, 5.41) is 8.40. The Balaban J connectivity index is 2.20. The van der Waals surface area contributed by atoms with E-state index in [-0.39, 0.29) is 0 Å². The van der Waals surface area contributed by atoms with Crippen LogP contribution in [-0.2, 0) is 6.42 Å². The maximum absolute atomic E-state index is 8.40. The van der Waals surface area contributed by atoms with Crippen LogP contribution in [0, 0.1) is 0 Å². The standard InChI is InChI=1S/C13H20O2/c1-2-3-4-5-6-7-12-8-10-13(15-14)11-9-12/h8-11,14H,2-7H2,1H3. The van der Waals surface area contributed by atoms with Gasteiger partial charge in [-0.25, -0.2) is 5.26 Å². The Kier molecular flexibility index (Phi) is 5.86. The predicted octanol–water partition coefficient (Wildman–Crippen LogP) is 4.05. The number of rotatable bonds is 7. The number of unbranched alkanes of at least 4 members (excludes halogenated alkanes) is 4. The minimum Gasteiger partial charge on any atom is -0.340 e. The average Bonchev–Trinajstić information content (AvgIpc) is 2.30. The summed E-state index contributed by atoms with van der Waals surface area (Å²) >= 11 is 0. The van der Waals surface area contributed by atoms with Crippen LogP contribution in [0.5, 0.6) is 5.75 Å². The molecule has 0 radical (unpaired) electrons. The third kappa shape index (κ3) is 4.84. The van der Waals surface area contributed by atoms with E-state index in [0.717, 1.165) is 6.42 Å². The van der Waals surface area contributed by atoms with Gasteiger partial charge in [0.05, 0.1) is 0 Å². The van der Waals surface area contributed by atoms with E-state index < -0.39 is 0 Å². The van der Waals surface area contributed by atoms with Gasteiger partial charge in [-0.1, -0.05) is 44.7 Å². The van der Waals surface area contributed by atoms with Crippen LogP contribution < -0.4 is 4.89 Å². The molecule has 84 valence electrons. The quantitative estimate of drug-likeness (QED) is 0.416. The van der Waals surface area contributed by atoms with Crippen molar-refractivity contribution in [1.82, 2.24) is 0 Å². The highest BCUT2D eigenvalue weighted by molar-refractivity contribution is 5.26. The molecule has 0 aliphatic heterocycles. The van der Waals surface area contributed by atoms with Crippen LogP contribution in [0.15, 0.2) is 24.3 Å². The lowest BCUT2D eigenvalue weighted by atomic mass is 10.1. The Bertz CT molecular complexity index is 254. The van der Waals surface area contributed by atoms with Crippen molar-refractivity contribution in [2.24, 2.45) is 0 Å². The van der Waals surface area contributed by atoms with E-state index in [2.05, 4.69) is 11.8 Å². The highest BCUT2D eigenvalue weighted by Crippen LogP contribution is 2.14. The summed E-state index contributed by atoms with van der Waals surface area (Å²) in [4.78, 5) is 4.13. The molecule has 0 amide bonds. The molecule has 0 fully saturated rings. The topological polar surface area (TPSA) is 29.5 Å². The number of hydrogen-bond acceptors (Lipinski definition) is 2. The second-order valence-corrected chi connectivity index (χ2v) is 3.90. The van der Waals surface area contributed by atoms with Gasteiger partial charge in [0.15, 0.2) is 5.75 Å². The molecule has 2 heteroatoms.